The Balaban J connectivity index is 1.65. The Morgan fingerprint density at radius 2 is 1.86 bits per heavy atom. The fourth-order valence-corrected chi connectivity index (χ4v) is 2.72. The van der Waals surface area contributed by atoms with Gasteiger partial charge in [-0.25, -0.2) is 23.5 Å². The lowest BCUT2D eigenvalue weighted by molar-refractivity contribution is 0.0566. The molecule has 0 atom stereocenters. The van der Waals surface area contributed by atoms with Gasteiger partial charge in [0.1, 0.15) is 17.3 Å². The zero-order valence-corrected chi connectivity index (χ0v) is 15.2. The van der Waals surface area contributed by atoms with E-state index in [2.05, 4.69) is 15.3 Å². The summed E-state index contributed by atoms with van der Waals surface area (Å²) in [7, 11) is 0. The molecule has 2 heterocycles. The van der Waals surface area contributed by atoms with Gasteiger partial charge in [0.25, 0.3) is 5.91 Å². The summed E-state index contributed by atoms with van der Waals surface area (Å²) in [4.78, 5) is 35.6. The highest BCUT2D eigenvalue weighted by Crippen LogP contribution is 2.18. The highest BCUT2D eigenvalue weighted by atomic mass is 19.1. The van der Waals surface area contributed by atoms with Crippen LogP contribution < -0.4 is 5.32 Å². The van der Waals surface area contributed by atoms with Crippen molar-refractivity contribution in [1.82, 2.24) is 19.8 Å². The van der Waals surface area contributed by atoms with Gasteiger partial charge in [-0.3, -0.25) is 4.79 Å². The molecular formula is C18H19F2N5O3. The molecule has 0 unspecified atom stereocenters. The number of carbonyl (C=O) groups is 2. The summed E-state index contributed by atoms with van der Waals surface area (Å²) >= 11 is 0. The normalized spacial score (nSPS) is 14.0. The van der Waals surface area contributed by atoms with E-state index < -0.39 is 17.7 Å². The molecular weight excluding hydrogens is 372 g/mol. The minimum Gasteiger partial charge on any atom is -0.450 e. The molecule has 0 aliphatic carbocycles. The predicted molar refractivity (Wildman–Crippen MR) is 96.2 cm³/mol. The predicted octanol–water partition coefficient (Wildman–Crippen LogP) is 2.41. The molecule has 10 heteroatoms. The van der Waals surface area contributed by atoms with Crippen LogP contribution >= 0.6 is 0 Å². The van der Waals surface area contributed by atoms with Crippen LogP contribution in [-0.4, -0.2) is 64.6 Å². The number of nitrogens with zero attached hydrogens (tertiary/aromatic N) is 4. The monoisotopic (exact) mass is 391 g/mol. The van der Waals surface area contributed by atoms with Crippen LogP contribution in [0, 0.1) is 11.6 Å². The molecule has 1 fully saturated rings. The molecule has 2 aromatic rings. The first-order chi connectivity index (χ1) is 13.5. The van der Waals surface area contributed by atoms with Gasteiger partial charge in [-0.2, -0.15) is 0 Å². The van der Waals surface area contributed by atoms with Gasteiger partial charge in [-0.05, 0) is 25.1 Å². The number of anilines is 2. The van der Waals surface area contributed by atoms with E-state index in [0.29, 0.717) is 32.8 Å². The smallest absolute Gasteiger partial charge is 0.409 e. The summed E-state index contributed by atoms with van der Waals surface area (Å²) in [5.74, 6) is -1.81. The number of carbonyl (C=O) groups excluding carboxylic acids is 2. The molecule has 0 bridgehead atoms. The average Bonchev–Trinajstić information content (AvgIpc) is 2.70. The molecule has 1 aliphatic rings. The van der Waals surface area contributed by atoms with Gasteiger partial charge in [-0.15, -0.1) is 0 Å². The first-order valence-electron chi connectivity index (χ1n) is 8.74. The molecule has 3 rings (SSSR count). The molecule has 0 saturated carbocycles. The highest BCUT2D eigenvalue weighted by Gasteiger charge is 2.26. The van der Waals surface area contributed by atoms with Crippen molar-refractivity contribution >= 4 is 23.6 Å². The van der Waals surface area contributed by atoms with E-state index in [-0.39, 0.29) is 23.2 Å². The van der Waals surface area contributed by atoms with E-state index >= 15 is 0 Å². The number of aromatic nitrogens is 2. The number of amides is 2. The Morgan fingerprint density at radius 1 is 1.14 bits per heavy atom. The van der Waals surface area contributed by atoms with Crippen molar-refractivity contribution in [2.45, 2.75) is 6.92 Å². The summed E-state index contributed by atoms with van der Waals surface area (Å²) in [5, 5.41) is 2.63. The maximum atomic E-state index is 13.8. The summed E-state index contributed by atoms with van der Waals surface area (Å²) in [6, 6.07) is 4.51. The molecule has 2 amide bonds. The molecule has 1 aromatic carbocycles. The molecule has 28 heavy (non-hydrogen) atoms. The summed E-state index contributed by atoms with van der Waals surface area (Å²) in [6.45, 7) is 3.44. The maximum absolute atomic E-state index is 13.8. The van der Waals surface area contributed by atoms with Crippen molar-refractivity contribution in [1.29, 1.82) is 0 Å². The van der Waals surface area contributed by atoms with Crippen LogP contribution in [0.2, 0.25) is 0 Å². The third-order valence-corrected chi connectivity index (χ3v) is 4.15. The fourth-order valence-electron chi connectivity index (χ4n) is 2.72. The summed E-state index contributed by atoms with van der Waals surface area (Å²) < 4.78 is 31.7. The number of hydrogen-bond donors (Lipinski definition) is 1. The third-order valence-electron chi connectivity index (χ3n) is 4.15. The van der Waals surface area contributed by atoms with E-state index in [9.17, 15) is 18.4 Å². The van der Waals surface area contributed by atoms with Crippen LogP contribution in [0.15, 0.2) is 30.5 Å². The van der Waals surface area contributed by atoms with E-state index in [1.807, 2.05) is 0 Å². The quantitative estimate of drug-likeness (QED) is 0.861. The van der Waals surface area contributed by atoms with Crippen LogP contribution in [0.5, 0.6) is 0 Å². The first-order valence-corrected chi connectivity index (χ1v) is 8.74. The second-order valence-electron chi connectivity index (χ2n) is 5.99. The van der Waals surface area contributed by atoms with Gasteiger partial charge in [0.2, 0.25) is 5.95 Å². The van der Waals surface area contributed by atoms with Crippen LogP contribution in [0.25, 0.3) is 0 Å². The minimum atomic E-state index is -0.796. The van der Waals surface area contributed by atoms with Crippen molar-refractivity contribution < 1.29 is 23.1 Å². The minimum absolute atomic E-state index is 0.00551. The summed E-state index contributed by atoms with van der Waals surface area (Å²) in [6.07, 6.45) is 0.975. The molecule has 148 valence electrons. The lowest BCUT2D eigenvalue weighted by atomic mass is 10.2. The number of hydrogen-bond acceptors (Lipinski definition) is 6. The zero-order chi connectivity index (χ0) is 20.1. The molecule has 0 radical (unpaired) electrons. The molecule has 0 spiro atoms. The van der Waals surface area contributed by atoms with Crippen molar-refractivity contribution in [3.63, 3.8) is 0 Å². The Kier molecular flexibility index (Phi) is 5.97. The Bertz CT molecular complexity index is 872. The Hall–Kier alpha value is -3.30. The fraction of sp³-hybridized carbons (Fsp3) is 0.333. The lowest BCUT2D eigenvalue weighted by Crippen LogP contribution is -2.50. The largest absolute Gasteiger partial charge is 0.450 e. The number of nitrogens with one attached hydrogen (secondary N) is 1. The highest BCUT2D eigenvalue weighted by molar-refractivity contribution is 5.92. The number of ether oxygens (including phenoxy) is 1. The van der Waals surface area contributed by atoms with E-state index in [4.69, 9.17) is 4.74 Å². The molecule has 1 aliphatic heterocycles. The lowest BCUT2D eigenvalue weighted by Gasteiger charge is -2.33. The van der Waals surface area contributed by atoms with Gasteiger partial charge < -0.3 is 19.9 Å². The number of piperazine rings is 1. The van der Waals surface area contributed by atoms with Crippen molar-refractivity contribution in [3.05, 3.63) is 47.8 Å². The van der Waals surface area contributed by atoms with Crippen LogP contribution in [-0.2, 0) is 4.74 Å². The molecule has 8 nitrogen and oxygen atoms in total. The Labute approximate surface area is 160 Å². The number of benzene rings is 1. The van der Waals surface area contributed by atoms with Gasteiger partial charge in [-0.1, -0.05) is 0 Å². The average molecular weight is 391 g/mol. The van der Waals surface area contributed by atoms with Crippen molar-refractivity contribution in [2.75, 3.05) is 38.1 Å². The topological polar surface area (TPSA) is 87.7 Å². The van der Waals surface area contributed by atoms with Crippen LogP contribution in [0.4, 0.5) is 25.2 Å². The third kappa shape index (κ3) is 4.51. The molecule has 1 saturated heterocycles. The van der Waals surface area contributed by atoms with Crippen LogP contribution in [0.3, 0.4) is 0 Å². The number of halogens is 2. The second-order valence-corrected chi connectivity index (χ2v) is 5.99. The van der Waals surface area contributed by atoms with Gasteiger partial charge >= 0.3 is 6.09 Å². The van der Waals surface area contributed by atoms with Crippen molar-refractivity contribution in [2.24, 2.45) is 0 Å². The molecule has 1 aromatic heterocycles. The van der Waals surface area contributed by atoms with Crippen molar-refractivity contribution in [3.8, 4) is 0 Å². The SMILES string of the molecule is CCOC(=O)N1CCN(C(=O)c2ccnc(Nc3ccc(F)cc3F)n2)CC1. The Morgan fingerprint density at radius 3 is 2.54 bits per heavy atom. The summed E-state index contributed by atoms with van der Waals surface area (Å²) in [5.41, 5.74) is 0.124. The van der Waals surface area contributed by atoms with Gasteiger partial charge in [0, 0.05) is 38.4 Å². The number of rotatable bonds is 4. The van der Waals surface area contributed by atoms with Gasteiger partial charge in [0.05, 0.1) is 12.3 Å². The van der Waals surface area contributed by atoms with Gasteiger partial charge in [0.15, 0.2) is 0 Å². The van der Waals surface area contributed by atoms with Crippen LogP contribution in [0.1, 0.15) is 17.4 Å². The standard InChI is InChI=1S/C18H19F2N5O3/c1-2-28-18(27)25-9-7-24(8-10-25)16(26)15-5-6-21-17(23-15)22-14-4-3-12(19)11-13(14)20/h3-6,11H,2,7-10H2,1H3,(H,21,22,23). The molecule has 1 N–H and O–H groups in total. The van der Waals surface area contributed by atoms with E-state index in [1.165, 1.54) is 23.2 Å². The first kappa shape index (κ1) is 19.5. The zero-order valence-electron chi connectivity index (χ0n) is 15.2. The van der Waals surface area contributed by atoms with E-state index in [0.717, 1.165) is 12.1 Å². The van der Waals surface area contributed by atoms with E-state index in [1.54, 1.807) is 11.8 Å². The maximum Gasteiger partial charge on any atom is 0.409 e. The second kappa shape index (κ2) is 8.59.